The van der Waals surface area contributed by atoms with Gasteiger partial charge in [-0.2, -0.15) is 0 Å². The molecule has 0 aliphatic rings. The zero-order chi connectivity index (χ0) is 13.9. The van der Waals surface area contributed by atoms with Crippen LogP contribution in [0.2, 0.25) is 0 Å². The maximum atomic E-state index is 3.36. The average molecular weight is 279 g/mol. The van der Waals surface area contributed by atoms with Gasteiger partial charge in [0.2, 0.25) is 0 Å². The number of thioether (sulfide) groups is 1. The lowest BCUT2D eigenvalue weighted by Crippen LogP contribution is -2.11. The van der Waals surface area contributed by atoms with Crippen molar-refractivity contribution in [3.63, 3.8) is 0 Å². The number of hydrogen-bond acceptors (Lipinski definition) is 2. The molecular formula is C17H29NS. The molecule has 0 saturated heterocycles. The molecule has 1 rings (SSSR count). The molecule has 0 heterocycles. The van der Waals surface area contributed by atoms with Gasteiger partial charge in [-0.15, -0.1) is 11.8 Å². The third kappa shape index (κ3) is 7.03. The first kappa shape index (κ1) is 16.6. The molecule has 108 valence electrons. The van der Waals surface area contributed by atoms with Gasteiger partial charge < -0.3 is 5.32 Å². The lowest BCUT2D eigenvalue weighted by molar-refractivity contribution is 0.499. The molecule has 0 saturated carbocycles. The maximum absolute atomic E-state index is 3.36. The van der Waals surface area contributed by atoms with Crippen molar-refractivity contribution in [1.29, 1.82) is 0 Å². The number of nitrogens with one attached hydrogen (secondary N) is 1. The molecule has 0 aliphatic carbocycles. The van der Waals surface area contributed by atoms with Gasteiger partial charge in [0.15, 0.2) is 0 Å². The minimum atomic E-state index is 0.881. The first-order chi connectivity index (χ1) is 9.30. The van der Waals surface area contributed by atoms with Crippen molar-refractivity contribution in [3.05, 3.63) is 29.8 Å². The summed E-state index contributed by atoms with van der Waals surface area (Å²) in [6.07, 6.45) is 5.39. The van der Waals surface area contributed by atoms with Crippen LogP contribution in [0.3, 0.4) is 0 Å². The first-order valence-electron chi connectivity index (χ1n) is 7.72. The highest BCUT2D eigenvalue weighted by molar-refractivity contribution is 7.99. The van der Waals surface area contributed by atoms with E-state index in [0.29, 0.717) is 0 Å². The van der Waals surface area contributed by atoms with Crippen molar-refractivity contribution in [2.45, 2.75) is 57.9 Å². The molecule has 2 heteroatoms. The number of hydrogen-bond donors (Lipinski definition) is 1. The van der Waals surface area contributed by atoms with Gasteiger partial charge in [-0.05, 0) is 36.6 Å². The Hall–Kier alpha value is -0.470. The fourth-order valence-electron chi connectivity index (χ4n) is 2.09. The molecule has 1 unspecified atom stereocenters. The van der Waals surface area contributed by atoms with Crippen molar-refractivity contribution >= 4 is 11.8 Å². The van der Waals surface area contributed by atoms with E-state index in [2.05, 4.69) is 50.4 Å². The van der Waals surface area contributed by atoms with Crippen LogP contribution in [0.5, 0.6) is 0 Å². The summed E-state index contributed by atoms with van der Waals surface area (Å²) in [7, 11) is 0. The van der Waals surface area contributed by atoms with Gasteiger partial charge in [-0.1, -0.05) is 52.2 Å². The highest BCUT2D eigenvalue weighted by Gasteiger charge is 2.06. The Labute approximate surface area is 123 Å². The predicted molar refractivity (Wildman–Crippen MR) is 87.9 cm³/mol. The van der Waals surface area contributed by atoms with Gasteiger partial charge in [0.05, 0.1) is 0 Å². The van der Waals surface area contributed by atoms with Gasteiger partial charge in [-0.25, -0.2) is 0 Å². The zero-order valence-electron chi connectivity index (χ0n) is 12.7. The average Bonchev–Trinajstić information content (AvgIpc) is 2.46. The molecule has 0 bridgehead atoms. The van der Waals surface area contributed by atoms with E-state index in [1.807, 2.05) is 11.8 Å². The summed E-state index contributed by atoms with van der Waals surface area (Å²) < 4.78 is 0. The van der Waals surface area contributed by atoms with Gasteiger partial charge in [0.25, 0.3) is 0 Å². The summed E-state index contributed by atoms with van der Waals surface area (Å²) in [6, 6.07) is 9.03. The van der Waals surface area contributed by atoms with E-state index in [9.17, 15) is 0 Å². The van der Waals surface area contributed by atoms with E-state index in [1.54, 1.807) is 0 Å². The highest BCUT2D eigenvalue weighted by atomic mass is 32.2. The van der Waals surface area contributed by atoms with E-state index in [1.165, 1.54) is 41.9 Å². The Morgan fingerprint density at radius 3 is 2.42 bits per heavy atom. The Morgan fingerprint density at radius 1 is 1.11 bits per heavy atom. The summed E-state index contributed by atoms with van der Waals surface area (Å²) in [6.45, 7) is 8.76. The first-order valence-corrected chi connectivity index (χ1v) is 8.71. The standard InChI is InChI=1S/C17H29NS/c1-4-7-8-15(5-2)14-19-17-11-9-16(10-12-17)13-18-6-3/h9-12,15,18H,4-8,13-14H2,1-3H3. The summed E-state index contributed by atoms with van der Waals surface area (Å²) >= 11 is 2.02. The summed E-state index contributed by atoms with van der Waals surface area (Å²) in [4.78, 5) is 1.41. The second-order valence-corrected chi connectivity index (χ2v) is 6.25. The molecule has 19 heavy (non-hydrogen) atoms. The minimum absolute atomic E-state index is 0.881. The minimum Gasteiger partial charge on any atom is -0.313 e. The smallest absolute Gasteiger partial charge is 0.0205 e. The lowest BCUT2D eigenvalue weighted by atomic mass is 10.0. The lowest BCUT2D eigenvalue weighted by Gasteiger charge is -2.14. The second kappa shape index (κ2) is 10.3. The molecule has 1 aromatic carbocycles. The van der Waals surface area contributed by atoms with E-state index >= 15 is 0 Å². The van der Waals surface area contributed by atoms with Crippen LogP contribution < -0.4 is 5.32 Å². The van der Waals surface area contributed by atoms with E-state index < -0.39 is 0 Å². The van der Waals surface area contributed by atoms with Crippen LogP contribution in [-0.4, -0.2) is 12.3 Å². The van der Waals surface area contributed by atoms with Crippen molar-refractivity contribution in [2.75, 3.05) is 12.3 Å². The topological polar surface area (TPSA) is 12.0 Å². The molecular weight excluding hydrogens is 250 g/mol. The van der Waals surface area contributed by atoms with Crippen molar-refractivity contribution in [1.82, 2.24) is 5.32 Å². The third-order valence-electron chi connectivity index (χ3n) is 3.53. The maximum Gasteiger partial charge on any atom is 0.0205 e. The normalized spacial score (nSPS) is 12.6. The molecule has 1 atom stereocenters. The van der Waals surface area contributed by atoms with Crippen LogP contribution >= 0.6 is 11.8 Å². The van der Waals surface area contributed by atoms with E-state index in [4.69, 9.17) is 0 Å². The van der Waals surface area contributed by atoms with Crippen LogP contribution in [0.4, 0.5) is 0 Å². The van der Waals surface area contributed by atoms with Gasteiger partial charge >= 0.3 is 0 Å². The van der Waals surface area contributed by atoms with Crippen molar-refractivity contribution in [2.24, 2.45) is 5.92 Å². The Bertz CT molecular complexity index is 321. The fraction of sp³-hybridized carbons (Fsp3) is 0.647. The molecule has 0 fully saturated rings. The quantitative estimate of drug-likeness (QED) is 0.598. The molecule has 0 amide bonds. The molecule has 0 aliphatic heterocycles. The van der Waals surface area contributed by atoms with Crippen molar-refractivity contribution in [3.8, 4) is 0 Å². The largest absolute Gasteiger partial charge is 0.313 e. The number of unbranched alkanes of at least 4 members (excludes halogenated alkanes) is 1. The van der Waals surface area contributed by atoms with Crippen LogP contribution in [0.15, 0.2) is 29.2 Å². The zero-order valence-corrected chi connectivity index (χ0v) is 13.6. The SMILES string of the molecule is CCCCC(CC)CSc1ccc(CNCC)cc1. The molecule has 1 aromatic rings. The van der Waals surface area contributed by atoms with Crippen LogP contribution in [-0.2, 0) is 6.54 Å². The summed E-state index contributed by atoms with van der Waals surface area (Å²) in [5.41, 5.74) is 1.38. The molecule has 0 radical (unpaired) electrons. The Morgan fingerprint density at radius 2 is 1.84 bits per heavy atom. The fourth-order valence-corrected chi connectivity index (χ4v) is 3.24. The molecule has 0 spiro atoms. The van der Waals surface area contributed by atoms with Gasteiger partial charge in [0, 0.05) is 17.2 Å². The van der Waals surface area contributed by atoms with Crippen LogP contribution in [0.25, 0.3) is 0 Å². The van der Waals surface area contributed by atoms with Crippen LogP contribution in [0, 0.1) is 5.92 Å². The summed E-state index contributed by atoms with van der Waals surface area (Å²) in [5.74, 6) is 2.15. The monoisotopic (exact) mass is 279 g/mol. The predicted octanol–water partition coefficient (Wildman–Crippen LogP) is 5.10. The summed E-state index contributed by atoms with van der Waals surface area (Å²) in [5, 5.41) is 3.36. The number of benzene rings is 1. The second-order valence-electron chi connectivity index (χ2n) is 5.15. The van der Waals surface area contributed by atoms with Crippen molar-refractivity contribution < 1.29 is 0 Å². The van der Waals surface area contributed by atoms with Crippen LogP contribution in [0.1, 0.15) is 52.0 Å². The van der Waals surface area contributed by atoms with E-state index in [-0.39, 0.29) is 0 Å². The molecule has 1 N–H and O–H groups in total. The molecule has 1 nitrogen and oxygen atoms in total. The van der Waals surface area contributed by atoms with Gasteiger partial charge in [0.1, 0.15) is 0 Å². The Balaban J connectivity index is 2.35. The highest BCUT2D eigenvalue weighted by Crippen LogP contribution is 2.25. The number of rotatable bonds is 10. The Kier molecular flexibility index (Phi) is 9.02. The molecule has 0 aromatic heterocycles. The third-order valence-corrected chi connectivity index (χ3v) is 4.78. The van der Waals surface area contributed by atoms with E-state index in [0.717, 1.165) is 19.0 Å². The van der Waals surface area contributed by atoms with Gasteiger partial charge in [-0.3, -0.25) is 0 Å².